The molecule has 2 heteroatoms. The Labute approximate surface area is 80.3 Å². The summed E-state index contributed by atoms with van der Waals surface area (Å²) < 4.78 is 0. The van der Waals surface area contributed by atoms with Gasteiger partial charge in [0.1, 0.15) is 0 Å². The van der Waals surface area contributed by atoms with Crippen LogP contribution in [0.3, 0.4) is 0 Å². The molecule has 0 aromatic carbocycles. The average molecular weight is 181 g/mol. The monoisotopic (exact) mass is 181 g/mol. The van der Waals surface area contributed by atoms with Crippen molar-refractivity contribution < 1.29 is 4.79 Å². The molecule has 2 fully saturated rings. The number of rotatable bonds is 0. The Balaban J connectivity index is 2.06. The van der Waals surface area contributed by atoms with Crippen molar-refractivity contribution in [3.05, 3.63) is 0 Å². The zero-order valence-electron chi connectivity index (χ0n) is 8.46. The SMILES string of the molecule is CC(=O)N1CC[C@H]2CCCCC[C@H]21. The Morgan fingerprint density at radius 2 is 1.92 bits per heavy atom. The Kier molecular flexibility index (Phi) is 2.56. The van der Waals surface area contributed by atoms with E-state index in [0.29, 0.717) is 6.04 Å². The van der Waals surface area contributed by atoms with Gasteiger partial charge in [0.25, 0.3) is 0 Å². The molecule has 1 aliphatic carbocycles. The normalized spacial score (nSPS) is 34.1. The predicted octanol–water partition coefficient (Wildman–Crippen LogP) is 2.19. The zero-order valence-corrected chi connectivity index (χ0v) is 8.46. The molecule has 2 rings (SSSR count). The molecular weight excluding hydrogens is 162 g/mol. The second-order valence-corrected chi connectivity index (χ2v) is 4.47. The van der Waals surface area contributed by atoms with Gasteiger partial charge in [0, 0.05) is 19.5 Å². The molecule has 0 radical (unpaired) electrons. The van der Waals surface area contributed by atoms with Crippen LogP contribution in [0.5, 0.6) is 0 Å². The molecule has 13 heavy (non-hydrogen) atoms. The standard InChI is InChI=1S/C11H19NO/c1-9(13)12-8-7-10-5-3-2-4-6-11(10)12/h10-11H,2-8H2,1H3/t10-,11-/m1/s1. The molecule has 1 aliphatic heterocycles. The molecule has 2 atom stereocenters. The summed E-state index contributed by atoms with van der Waals surface area (Å²) in [5.41, 5.74) is 0. The van der Waals surface area contributed by atoms with Gasteiger partial charge >= 0.3 is 0 Å². The van der Waals surface area contributed by atoms with E-state index < -0.39 is 0 Å². The van der Waals surface area contributed by atoms with E-state index in [1.807, 2.05) is 0 Å². The number of fused-ring (bicyclic) bond motifs is 1. The van der Waals surface area contributed by atoms with Gasteiger partial charge < -0.3 is 4.90 Å². The Hall–Kier alpha value is -0.530. The molecule has 0 N–H and O–H groups in total. The van der Waals surface area contributed by atoms with Gasteiger partial charge in [-0.2, -0.15) is 0 Å². The van der Waals surface area contributed by atoms with Crippen molar-refractivity contribution in [2.24, 2.45) is 5.92 Å². The van der Waals surface area contributed by atoms with Crippen molar-refractivity contribution in [3.63, 3.8) is 0 Å². The number of likely N-dealkylation sites (tertiary alicyclic amines) is 1. The zero-order chi connectivity index (χ0) is 9.26. The average Bonchev–Trinajstić information content (AvgIpc) is 2.36. The fourth-order valence-corrected chi connectivity index (χ4v) is 2.97. The first-order valence-corrected chi connectivity index (χ1v) is 5.56. The number of nitrogens with zero attached hydrogens (tertiary/aromatic N) is 1. The first kappa shape index (κ1) is 9.04. The summed E-state index contributed by atoms with van der Waals surface area (Å²) in [6.07, 6.45) is 7.94. The van der Waals surface area contributed by atoms with Crippen LogP contribution in [0.4, 0.5) is 0 Å². The summed E-state index contributed by atoms with van der Waals surface area (Å²) in [7, 11) is 0. The van der Waals surface area contributed by atoms with E-state index in [9.17, 15) is 4.79 Å². The minimum atomic E-state index is 0.286. The summed E-state index contributed by atoms with van der Waals surface area (Å²) in [6, 6.07) is 0.597. The Morgan fingerprint density at radius 1 is 1.15 bits per heavy atom. The second kappa shape index (κ2) is 3.69. The first-order valence-electron chi connectivity index (χ1n) is 5.56. The van der Waals surface area contributed by atoms with Crippen LogP contribution in [0.15, 0.2) is 0 Å². The number of hydrogen-bond donors (Lipinski definition) is 0. The van der Waals surface area contributed by atoms with Gasteiger partial charge in [0.15, 0.2) is 0 Å². The summed E-state index contributed by atoms with van der Waals surface area (Å²) in [5.74, 6) is 1.11. The molecule has 1 amide bonds. The van der Waals surface area contributed by atoms with E-state index in [-0.39, 0.29) is 5.91 Å². The third-order valence-corrected chi connectivity index (χ3v) is 3.66. The number of hydrogen-bond acceptors (Lipinski definition) is 1. The predicted molar refractivity (Wildman–Crippen MR) is 52.4 cm³/mol. The van der Waals surface area contributed by atoms with Crippen molar-refractivity contribution in [2.75, 3.05) is 6.54 Å². The Morgan fingerprint density at radius 3 is 2.69 bits per heavy atom. The third-order valence-electron chi connectivity index (χ3n) is 3.66. The lowest BCUT2D eigenvalue weighted by Gasteiger charge is -2.25. The number of carbonyl (C=O) groups is 1. The molecule has 1 heterocycles. The van der Waals surface area contributed by atoms with E-state index in [1.54, 1.807) is 6.92 Å². The highest BCUT2D eigenvalue weighted by molar-refractivity contribution is 5.74. The molecule has 74 valence electrons. The van der Waals surface area contributed by atoms with Crippen molar-refractivity contribution >= 4 is 5.91 Å². The molecule has 0 aromatic rings. The number of amides is 1. The quantitative estimate of drug-likeness (QED) is 0.561. The second-order valence-electron chi connectivity index (χ2n) is 4.47. The summed E-state index contributed by atoms with van der Waals surface area (Å²) in [5, 5.41) is 0. The molecule has 0 aromatic heterocycles. The van der Waals surface area contributed by atoms with E-state index in [4.69, 9.17) is 0 Å². The van der Waals surface area contributed by atoms with Crippen molar-refractivity contribution in [1.29, 1.82) is 0 Å². The van der Waals surface area contributed by atoms with Gasteiger partial charge in [-0.3, -0.25) is 4.79 Å². The van der Waals surface area contributed by atoms with Gasteiger partial charge in [-0.1, -0.05) is 19.3 Å². The maximum Gasteiger partial charge on any atom is 0.219 e. The van der Waals surface area contributed by atoms with E-state index in [1.165, 1.54) is 38.5 Å². The molecule has 2 aliphatic rings. The maximum absolute atomic E-state index is 11.3. The van der Waals surface area contributed by atoms with Crippen LogP contribution in [-0.2, 0) is 4.79 Å². The highest BCUT2D eigenvalue weighted by atomic mass is 16.2. The third kappa shape index (κ3) is 1.72. The Bertz CT molecular complexity index is 202. The summed E-state index contributed by atoms with van der Waals surface area (Å²) in [4.78, 5) is 13.4. The summed E-state index contributed by atoms with van der Waals surface area (Å²) >= 11 is 0. The topological polar surface area (TPSA) is 20.3 Å². The van der Waals surface area contributed by atoms with E-state index in [0.717, 1.165) is 12.5 Å². The maximum atomic E-state index is 11.3. The van der Waals surface area contributed by atoms with E-state index in [2.05, 4.69) is 4.90 Å². The molecular formula is C11H19NO. The van der Waals surface area contributed by atoms with Gasteiger partial charge in [-0.05, 0) is 25.2 Å². The van der Waals surface area contributed by atoms with Crippen molar-refractivity contribution in [1.82, 2.24) is 4.90 Å². The minimum absolute atomic E-state index is 0.286. The molecule has 2 nitrogen and oxygen atoms in total. The molecule has 0 spiro atoms. The molecule has 0 bridgehead atoms. The molecule has 1 saturated heterocycles. The lowest BCUT2D eigenvalue weighted by molar-refractivity contribution is -0.130. The van der Waals surface area contributed by atoms with Gasteiger partial charge in [0.05, 0.1) is 0 Å². The van der Waals surface area contributed by atoms with Crippen LogP contribution in [0.1, 0.15) is 45.4 Å². The lowest BCUT2D eigenvalue weighted by atomic mass is 9.96. The highest BCUT2D eigenvalue weighted by Crippen LogP contribution is 2.34. The first-order chi connectivity index (χ1) is 6.29. The molecule has 1 saturated carbocycles. The van der Waals surface area contributed by atoms with Crippen LogP contribution < -0.4 is 0 Å². The fraction of sp³-hybridized carbons (Fsp3) is 0.909. The van der Waals surface area contributed by atoms with Gasteiger partial charge in [-0.15, -0.1) is 0 Å². The van der Waals surface area contributed by atoms with Crippen LogP contribution in [0.2, 0.25) is 0 Å². The smallest absolute Gasteiger partial charge is 0.219 e. The fourth-order valence-electron chi connectivity index (χ4n) is 2.97. The van der Waals surface area contributed by atoms with Crippen LogP contribution in [-0.4, -0.2) is 23.4 Å². The van der Waals surface area contributed by atoms with Crippen LogP contribution >= 0.6 is 0 Å². The van der Waals surface area contributed by atoms with Crippen LogP contribution in [0.25, 0.3) is 0 Å². The van der Waals surface area contributed by atoms with E-state index >= 15 is 0 Å². The van der Waals surface area contributed by atoms with Gasteiger partial charge in [-0.25, -0.2) is 0 Å². The largest absolute Gasteiger partial charge is 0.340 e. The van der Waals surface area contributed by atoms with Crippen LogP contribution in [0, 0.1) is 5.92 Å². The summed E-state index contributed by atoms with van der Waals surface area (Å²) in [6.45, 7) is 2.73. The molecule has 0 unspecified atom stereocenters. The van der Waals surface area contributed by atoms with Crippen molar-refractivity contribution in [2.45, 2.75) is 51.5 Å². The highest BCUT2D eigenvalue weighted by Gasteiger charge is 2.35. The minimum Gasteiger partial charge on any atom is -0.340 e. The van der Waals surface area contributed by atoms with Crippen molar-refractivity contribution in [3.8, 4) is 0 Å². The lowest BCUT2D eigenvalue weighted by Crippen LogP contribution is -2.35. The van der Waals surface area contributed by atoms with Gasteiger partial charge in [0.2, 0.25) is 5.91 Å². The number of carbonyl (C=O) groups excluding carboxylic acids is 1.